The predicted molar refractivity (Wildman–Crippen MR) is 125 cm³/mol. The van der Waals surface area contributed by atoms with Gasteiger partial charge in [-0.25, -0.2) is 5.43 Å². The Hall–Kier alpha value is -3.02. The summed E-state index contributed by atoms with van der Waals surface area (Å²) in [6.45, 7) is 8.90. The van der Waals surface area contributed by atoms with Gasteiger partial charge in [-0.3, -0.25) is 4.79 Å². The summed E-state index contributed by atoms with van der Waals surface area (Å²) in [6.07, 6.45) is 4.86. The maximum Gasteiger partial charge on any atom is 0.277 e. The molecule has 0 spiro atoms. The minimum absolute atomic E-state index is 0.103. The van der Waals surface area contributed by atoms with E-state index in [2.05, 4.69) is 31.3 Å². The predicted octanol–water partition coefficient (Wildman–Crippen LogP) is 5.23. The topological polar surface area (TPSA) is 69.2 Å². The van der Waals surface area contributed by atoms with Crippen molar-refractivity contribution in [2.75, 3.05) is 20.3 Å². The lowest BCUT2D eigenvalue weighted by Crippen LogP contribution is -2.25. The van der Waals surface area contributed by atoms with Crippen LogP contribution in [0.15, 0.2) is 41.5 Å². The zero-order valence-electron chi connectivity index (χ0n) is 19.2. The van der Waals surface area contributed by atoms with Crippen molar-refractivity contribution in [3.8, 4) is 17.2 Å². The second-order valence-corrected chi connectivity index (χ2v) is 7.74. The van der Waals surface area contributed by atoms with Crippen LogP contribution in [0.5, 0.6) is 17.2 Å². The highest BCUT2D eigenvalue weighted by Gasteiger charge is 2.10. The number of hydrazone groups is 1. The van der Waals surface area contributed by atoms with Crippen LogP contribution in [0.3, 0.4) is 0 Å². The van der Waals surface area contributed by atoms with E-state index in [-0.39, 0.29) is 12.5 Å². The second kappa shape index (κ2) is 12.6. The number of hydrogen-bond donors (Lipinski definition) is 1. The Labute approximate surface area is 185 Å². The molecule has 6 nitrogen and oxygen atoms in total. The van der Waals surface area contributed by atoms with Crippen LogP contribution in [0.1, 0.15) is 62.6 Å². The molecule has 0 radical (unpaired) electrons. The van der Waals surface area contributed by atoms with E-state index < -0.39 is 0 Å². The van der Waals surface area contributed by atoms with Gasteiger partial charge in [0.15, 0.2) is 18.1 Å². The molecule has 6 heteroatoms. The van der Waals surface area contributed by atoms with Crippen LogP contribution in [-0.4, -0.2) is 32.4 Å². The monoisotopic (exact) mass is 426 g/mol. The van der Waals surface area contributed by atoms with Crippen molar-refractivity contribution < 1.29 is 19.0 Å². The highest BCUT2D eigenvalue weighted by atomic mass is 16.5. The fourth-order valence-electron chi connectivity index (χ4n) is 3.02. The molecule has 0 fully saturated rings. The summed E-state index contributed by atoms with van der Waals surface area (Å²) >= 11 is 0. The Morgan fingerprint density at radius 3 is 2.58 bits per heavy atom. The summed E-state index contributed by atoms with van der Waals surface area (Å²) in [5, 5.41) is 4.02. The average Bonchev–Trinajstić information content (AvgIpc) is 2.75. The summed E-state index contributed by atoms with van der Waals surface area (Å²) in [4.78, 5) is 12.1. The van der Waals surface area contributed by atoms with Gasteiger partial charge in [-0.05, 0) is 60.2 Å². The zero-order valence-corrected chi connectivity index (χ0v) is 19.2. The standard InChI is InChI=1S/C25H34N2O4/c1-6-7-8-13-30-22-12-10-20(15-24(22)29-5)16-26-27-25(28)17-31-23-14-19(4)9-11-21(23)18(2)3/h9-12,14-16,18H,6-8,13,17H2,1-5H3,(H,27,28)/b26-16+. The lowest BCUT2D eigenvalue weighted by atomic mass is 10.0. The van der Waals surface area contributed by atoms with Crippen molar-refractivity contribution >= 4 is 12.1 Å². The lowest BCUT2D eigenvalue weighted by molar-refractivity contribution is -0.123. The third kappa shape index (κ3) is 7.96. The van der Waals surface area contributed by atoms with Gasteiger partial charge in [0.25, 0.3) is 5.91 Å². The molecule has 31 heavy (non-hydrogen) atoms. The van der Waals surface area contributed by atoms with Crippen LogP contribution in [0, 0.1) is 6.92 Å². The van der Waals surface area contributed by atoms with Crippen LogP contribution < -0.4 is 19.6 Å². The number of rotatable bonds is 12. The third-order valence-corrected chi connectivity index (χ3v) is 4.75. The van der Waals surface area contributed by atoms with Crippen molar-refractivity contribution in [1.29, 1.82) is 0 Å². The maximum atomic E-state index is 12.1. The van der Waals surface area contributed by atoms with Crippen LogP contribution >= 0.6 is 0 Å². The summed E-state index contributed by atoms with van der Waals surface area (Å²) in [5.74, 6) is 2.05. The molecule has 0 aromatic heterocycles. The highest BCUT2D eigenvalue weighted by Crippen LogP contribution is 2.28. The molecule has 2 aromatic carbocycles. The van der Waals surface area contributed by atoms with Crippen LogP contribution in [0.2, 0.25) is 0 Å². The number of nitrogens with zero attached hydrogens (tertiary/aromatic N) is 1. The lowest BCUT2D eigenvalue weighted by Gasteiger charge is -2.14. The molecule has 0 saturated carbocycles. The number of carbonyl (C=O) groups excluding carboxylic acids is 1. The number of carbonyl (C=O) groups is 1. The summed E-state index contributed by atoms with van der Waals surface area (Å²) < 4.78 is 16.9. The Kier molecular flexibility index (Phi) is 9.88. The molecule has 1 N–H and O–H groups in total. The summed E-state index contributed by atoms with van der Waals surface area (Å²) in [6, 6.07) is 11.6. The first-order valence-corrected chi connectivity index (χ1v) is 10.8. The smallest absolute Gasteiger partial charge is 0.277 e. The molecule has 0 aliphatic carbocycles. The molecule has 0 atom stereocenters. The largest absolute Gasteiger partial charge is 0.493 e. The first-order valence-electron chi connectivity index (χ1n) is 10.8. The zero-order chi connectivity index (χ0) is 22.6. The molecule has 0 bridgehead atoms. The van der Waals surface area contributed by atoms with E-state index >= 15 is 0 Å². The van der Waals surface area contributed by atoms with Gasteiger partial charge in [0.2, 0.25) is 0 Å². The Balaban J connectivity index is 1.89. The number of nitrogens with one attached hydrogen (secondary N) is 1. The number of methoxy groups -OCH3 is 1. The Bertz CT molecular complexity index is 878. The van der Waals surface area contributed by atoms with Crippen molar-refractivity contribution in [3.05, 3.63) is 53.1 Å². The molecule has 2 aromatic rings. The van der Waals surface area contributed by atoms with E-state index in [1.54, 1.807) is 13.3 Å². The number of amides is 1. The van der Waals surface area contributed by atoms with E-state index in [0.29, 0.717) is 24.0 Å². The van der Waals surface area contributed by atoms with Crippen LogP contribution in [0.4, 0.5) is 0 Å². The Morgan fingerprint density at radius 1 is 1.06 bits per heavy atom. The van der Waals surface area contributed by atoms with Gasteiger partial charge >= 0.3 is 0 Å². The summed E-state index contributed by atoms with van der Waals surface area (Å²) in [5.41, 5.74) is 5.45. The molecule has 0 unspecified atom stereocenters. The van der Waals surface area contributed by atoms with Crippen molar-refractivity contribution in [1.82, 2.24) is 5.43 Å². The fourth-order valence-corrected chi connectivity index (χ4v) is 3.02. The molecule has 1 amide bonds. The van der Waals surface area contributed by atoms with Gasteiger partial charge in [-0.15, -0.1) is 0 Å². The van der Waals surface area contributed by atoms with Gasteiger partial charge in [-0.1, -0.05) is 45.7 Å². The number of hydrogen-bond acceptors (Lipinski definition) is 5. The SMILES string of the molecule is CCCCCOc1ccc(/C=N/NC(=O)COc2cc(C)ccc2C(C)C)cc1OC. The average molecular weight is 427 g/mol. The van der Waals surface area contributed by atoms with Crippen molar-refractivity contribution in [2.24, 2.45) is 5.10 Å². The third-order valence-electron chi connectivity index (χ3n) is 4.75. The molecular weight excluding hydrogens is 392 g/mol. The molecule has 0 saturated heterocycles. The highest BCUT2D eigenvalue weighted by molar-refractivity contribution is 5.83. The normalized spacial score (nSPS) is 11.0. The minimum Gasteiger partial charge on any atom is -0.493 e. The number of ether oxygens (including phenoxy) is 3. The molecular formula is C25H34N2O4. The van der Waals surface area contributed by atoms with Gasteiger partial charge in [0.1, 0.15) is 5.75 Å². The fraction of sp³-hybridized carbons (Fsp3) is 0.440. The van der Waals surface area contributed by atoms with Crippen LogP contribution in [-0.2, 0) is 4.79 Å². The van der Waals surface area contributed by atoms with E-state index in [1.807, 2.05) is 43.3 Å². The first-order chi connectivity index (χ1) is 14.9. The molecule has 0 aliphatic heterocycles. The van der Waals surface area contributed by atoms with Gasteiger partial charge in [0, 0.05) is 0 Å². The minimum atomic E-state index is -0.324. The molecule has 0 heterocycles. The van der Waals surface area contributed by atoms with E-state index in [4.69, 9.17) is 14.2 Å². The van der Waals surface area contributed by atoms with Crippen molar-refractivity contribution in [3.63, 3.8) is 0 Å². The maximum absolute atomic E-state index is 12.1. The second-order valence-electron chi connectivity index (χ2n) is 7.74. The van der Waals surface area contributed by atoms with E-state index in [9.17, 15) is 4.79 Å². The van der Waals surface area contributed by atoms with Crippen molar-refractivity contribution in [2.45, 2.75) is 52.9 Å². The molecule has 0 aliphatic rings. The number of aryl methyl sites for hydroxylation is 1. The quantitative estimate of drug-likeness (QED) is 0.287. The number of unbranched alkanes of at least 4 members (excludes halogenated alkanes) is 2. The van der Waals surface area contributed by atoms with Gasteiger partial charge in [-0.2, -0.15) is 5.10 Å². The molecule has 2 rings (SSSR count). The molecule has 168 valence electrons. The van der Waals surface area contributed by atoms with Crippen LogP contribution in [0.25, 0.3) is 0 Å². The number of benzene rings is 2. The van der Waals surface area contributed by atoms with E-state index in [1.165, 1.54) is 0 Å². The van der Waals surface area contributed by atoms with E-state index in [0.717, 1.165) is 41.7 Å². The van der Waals surface area contributed by atoms with Gasteiger partial charge in [0.05, 0.1) is 19.9 Å². The Morgan fingerprint density at radius 2 is 1.87 bits per heavy atom. The summed E-state index contributed by atoms with van der Waals surface area (Å²) in [7, 11) is 1.60. The first kappa shape index (κ1) is 24.3. The van der Waals surface area contributed by atoms with Gasteiger partial charge < -0.3 is 14.2 Å².